The first-order chi connectivity index (χ1) is 11.1. The smallest absolute Gasteiger partial charge is 0.286 e. The van der Waals surface area contributed by atoms with E-state index in [1.165, 1.54) is 0 Å². The van der Waals surface area contributed by atoms with E-state index in [-0.39, 0.29) is 5.91 Å². The van der Waals surface area contributed by atoms with Crippen LogP contribution in [0.3, 0.4) is 0 Å². The first-order valence-electron chi connectivity index (χ1n) is 7.30. The zero-order valence-electron chi connectivity index (χ0n) is 12.3. The van der Waals surface area contributed by atoms with Crippen molar-refractivity contribution in [1.29, 1.82) is 0 Å². The predicted molar refractivity (Wildman–Crippen MR) is 89.1 cm³/mol. The Labute approximate surface area is 141 Å². The Kier molecular flexibility index (Phi) is 4.61. The second-order valence-electron chi connectivity index (χ2n) is 5.21. The molecule has 1 saturated heterocycles. The standard InChI is InChI=1S/C15H16BrN5O2/c16-10-8-12(18-9-10)15(23)20-19-14(22)11-4-3-5-17-13(11)21-6-1-2-7-21/h3-5,8-9,18H,1-2,6-7H2,(H,19,22)(H,20,23). The molecule has 1 aliphatic rings. The lowest BCUT2D eigenvalue weighted by molar-refractivity contribution is 0.0844. The number of nitrogens with one attached hydrogen (secondary N) is 3. The van der Waals surface area contributed by atoms with Crippen LogP contribution in [-0.4, -0.2) is 34.9 Å². The number of carbonyl (C=O) groups excluding carboxylic acids is 2. The molecule has 2 aromatic rings. The average Bonchev–Trinajstić information content (AvgIpc) is 3.24. The van der Waals surface area contributed by atoms with Gasteiger partial charge in [-0.05, 0) is 47.0 Å². The van der Waals surface area contributed by atoms with E-state index in [0.717, 1.165) is 30.4 Å². The van der Waals surface area contributed by atoms with Crippen LogP contribution < -0.4 is 15.8 Å². The Balaban J connectivity index is 1.67. The van der Waals surface area contributed by atoms with E-state index in [4.69, 9.17) is 0 Å². The number of pyridine rings is 1. The minimum Gasteiger partial charge on any atom is -0.356 e. The first-order valence-corrected chi connectivity index (χ1v) is 8.09. The topological polar surface area (TPSA) is 90.1 Å². The molecule has 8 heteroatoms. The molecule has 0 atom stereocenters. The summed E-state index contributed by atoms with van der Waals surface area (Å²) in [5, 5.41) is 0. The molecular weight excluding hydrogens is 362 g/mol. The number of aromatic nitrogens is 2. The van der Waals surface area contributed by atoms with Gasteiger partial charge in [-0.25, -0.2) is 4.98 Å². The van der Waals surface area contributed by atoms with Crippen molar-refractivity contribution in [3.63, 3.8) is 0 Å². The van der Waals surface area contributed by atoms with Gasteiger partial charge in [0, 0.05) is 30.0 Å². The van der Waals surface area contributed by atoms with Crippen LogP contribution >= 0.6 is 15.9 Å². The van der Waals surface area contributed by atoms with Crippen molar-refractivity contribution in [2.45, 2.75) is 12.8 Å². The predicted octanol–water partition coefficient (Wildman–Crippen LogP) is 1.85. The van der Waals surface area contributed by atoms with E-state index in [0.29, 0.717) is 17.1 Å². The van der Waals surface area contributed by atoms with Crippen molar-refractivity contribution in [1.82, 2.24) is 20.8 Å². The van der Waals surface area contributed by atoms with Crippen LogP contribution in [0.25, 0.3) is 0 Å². The Morgan fingerprint density at radius 1 is 1.22 bits per heavy atom. The third-order valence-electron chi connectivity index (χ3n) is 3.62. The summed E-state index contributed by atoms with van der Waals surface area (Å²) in [5.41, 5.74) is 5.62. The second kappa shape index (κ2) is 6.82. The largest absolute Gasteiger partial charge is 0.356 e. The molecule has 3 rings (SSSR count). The van der Waals surface area contributed by atoms with E-state index < -0.39 is 5.91 Å². The highest BCUT2D eigenvalue weighted by molar-refractivity contribution is 9.10. The Morgan fingerprint density at radius 3 is 2.65 bits per heavy atom. The first kappa shape index (κ1) is 15.5. The molecule has 1 fully saturated rings. The van der Waals surface area contributed by atoms with Gasteiger partial charge in [-0.1, -0.05) is 0 Å². The summed E-state index contributed by atoms with van der Waals surface area (Å²) in [7, 11) is 0. The highest BCUT2D eigenvalue weighted by atomic mass is 79.9. The van der Waals surface area contributed by atoms with Gasteiger partial charge in [0.05, 0.1) is 5.56 Å². The molecular formula is C15H16BrN5O2. The van der Waals surface area contributed by atoms with Crippen molar-refractivity contribution < 1.29 is 9.59 Å². The quantitative estimate of drug-likeness (QED) is 0.711. The van der Waals surface area contributed by atoms with Crippen molar-refractivity contribution >= 4 is 33.6 Å². The summed E-state index contributed by atoms with van der Waals surface area (Å²) in [6, 6.07) is 5.03. The number of hydrogen-bond donors (Lipinski definition) is 3. The van der Waals surface area contributed by atoms with Gasteiger partial charge in [0.15, 0.2) is 0 Å². The minimum absolute atomic E-state index is 0.350. The van der Waals surface area contributed by atoms with Gasteiger partial charge >= 0.3 is 0 Å². The number of anilines is 1. The summed E-state index contributed by atoms with van der Waals surface area (Å²) < 4.78 is 0.762. The molecule has 3 heterocycles. The molecule has 0 saturated carbocycles. The Bertz CT molecular complexity index is 724. The van der Waals surface area contributed by atoms with Gasteiger partial charge in [0.25, 0.3) is 11.8 Å². The van der Waals surface area contributed by atoms with Crippen LogP contribution in [0.2, 0.25) is 0 Å². The van der Waals surface area contributed by atoms with Gasteiger partial charge in [0.2, 0.25) is 0 Å². The molecule has 0 spiro atoms. The van der Waals surface area contributed by atoms with Crippen molar-refractivity contribution in [2.24, 2.45) is 0 Å². The van der Waals surface area contributed by atoms with E-state index in [1.807, 2.05) is 0 Å². The maximum atomic E-state index is 12.4. The molecule has 23 heavy (non-hydrogen) atoms. The SMILES string of the molecule is O=C(NNC(=O)c1cccnc1N1CCCC1)c1cc(Br)c[nH]1. The van der Waals surface area contributed by atoms with Gasteiger partial charge in [-0.3, -0.25) is 20.4 Å². The van der Waals surface area contributed by atoms with Crippen LogP contribution in [0.15, 0.2) is 35.1 Å². The number of carbonyl (C=O) groups is 2. The normalized spacial score (nSPS) is 13.9. The summed E-state index contributed by atoms with van der Waals surface area (Å²) in [5.74, 6) is -0.158. The van der Waals surface area contributed by atoms with Crippen molar-refractivity contribution in [3.8, 4) is 0 Å². The van der Waals surface area contributed by atoms with Crippen molar-refractivity contribution in [2.75, 3.05) is 18.0 Å². The third kappa shape index (κ3) is 3.53. The number of rotatable bonds is 3. The van der Waals surface area contributed by atoms with Crippen molar-refractivity contribution in [3.05, 3.63) is 46.3 Å². The fourth-order valence-electron chi connectivity index (χ4n) is 2.50. The summed E-state index contributed by atoms with van der Waals surface area (Å²) >= 11 is 3.25. The van der Waals surface area contributed by atoms with Crippen LogP contribution in [0, 0.1) is 0 Å². The fraction of sp³-hybridized carbons (Fsp3) is 0.267. The van der Waals surface area contributed by atoms with Gasteiger partial charge < -0.3 is 9.88 Å². The Morgan fingerprint density at radius 2 is 1.96 bits per heavy atom. The minimum atomic E-state index is -0.421. The van der Waals surface area contributed by atoms with E-state index >= 15 is 0 Å². The lowest BCUT2D eigenvalue weighted by Gasteiger charge is -2.19. The van der Waals surface area contributed by atoms with Gasteiger partial charge in [0.1, 0.15) is 11.5 Å². The summed E-state index contributed by atoms with van der Waals surface area (Å²) in [6.45, 7) is 1.78. The zero-order chi connectivity index (χ0) is 16.2. The van der Waals surface area contributed by atoms with Gasteiger partial charge in [-0.15, -0.1) is 0 Å². The van der Waals surface area contributed by atoms with E-state index in [9.17, 15) is 9.59 Å². The monoisotopic (exact) mass is 377 g/mol. The number of amides is 2. The second-order valence-corrected chi connectivity index (χ2v) is 6.12. The molecule has 0 aromatic carbocycles. The number of H-pyrrole nitrogens is 1. The van der Waals surface area contributed by atoms with Crippen LogP contribution in [-0.2, 0) is 0 Å². The molecule has 0 bridgehead atoms. The molecule has 3 N–H and O–H groups in total. The lowest BCUT2D eigenvalue weighted by Crippen LogP contribution is -2.42. The molecule has 2 aromatic heterocycles. The molecule has 2 amide bonds. The lowest BCUT2D eigenvalue weighted by atomic mass is 10.2. The zero-order valence-corrected chi connectivity index (χ0v) is 13.9. The molecule has 0 unspecified atom stereocenters. The highest BCUT2D eigenvalue weighted by Gasteiger charge is 2.21. The molecule has 120 valence electrons. The maximum Gasteiger partial charge on any atom is 0.286 e. The number of hydrogen-bond acceptors (Lipinski definition) is 4. The number of nitrogens with zero attached hydrogens (tertiary/aromatic N) is 2. The molecule has 0 aliphatic carbocycles. The molecule has 1 aliphatic heterocycles. The number of aromatic amines is 1. The summed E-state index contributed by atoms with van der Waals surface area (Å²) in [4.78, 5) is 33.5. The highest BCUT2D eigenvalue weighted by Crippen LogP contribution is 2.21. The number of halogens is 1. The van der Waals surface area contributed by atoms with Crippen LogP contribution in [0.1, 0.15) is 33.7 Å². The van der Waals surface area contributed by atoms with Gasteiger partial charge in [-0.2, -0.15) is 0 Å². The van der Waals surface area contributed by atoms with E-state index in [2.05, 4.69) is 41.6 Å². The number of hydrazine groups is 1. The fourth-order valence-corrected chi connectivity index (χ4v) is 2.85. The molecule has 7 nitrogen and oxygen atoms in total. The van der Waals surface area contributed by atoms with Crippen LogP contribution in [0.4, 0.5) is 5.82 Å². The maximum absolute atomic E-state index is 12.4. The summed E-state index contributed by atoms with van der Waals surface area (Å²) in [6.07, 6.45) is 5.49. The van der Waals surface area contributed by atoms with Crippen LogP contribution in [0.5, 0.6) is 0 Å². The third-order valence-corrected chi connectivity index (χ3v) is 4.08. The molecule has 0 radical (unpaired) electrons. The average molecular weight is 378 g/mol. The Hall–Kier alpha value is -2.35. The van der Waals surface area contributed by atoms with E-state index in [1.54, 1.807) is 30.6 Å².